The summed E-state index contributed by atoms with van der Waals surface area (Å²) in [4.78, 5) is 10.7. The van der Waals surface area contributed by atoms with Gasteiger partial charge in [0.25, 0.3) is 0 Å². The standard InChI is InChI=1S/C15H23N3O/c1-10-3-6-14(9-10)17-11(2)12-4-7-13(8-5-12)18-15(16)19/h4-5,7-8,10-11,14,17H,3,6,9H2,1-2H3,(H3,16,18,19). The second kappa shape index (κ2) is 6.06. The van der Waals surface area contributed by atoms with Gasteiger partial charge in [-0.25, -0.2) is 4.79 Å². The summed E-state index contributed by atoms with van der Waals surface area (Å²) in [6.07, 6.45) is 3.87. The number of carbonyl (C=O) groups is 1. The number of hydrogen-bond acceptors (Lipinski definition) is 2. The second-order valence-corrected chi connectivity index (χ2v) is 5.61. The largest absolute Gasteiger partial charge is 0.351 e. The Hall–Kier alpha value is -1.55. The Labute approximate surface area is 114 Å². The number of amides is 2. The predicted molar refractivity (Wildman–Crippen MR) is 78.0 cm³/mol. The Morgan fingerprint density at radius 2 is 2.00 bits per heavy atom. The lowest BCUT2D eigenvalue weighted by Gasteiger charge is -2.20. The van der Waals surface area contributed by atoms with Gasteiger partial charge in [0.1, 0.15) is 0 Å². The van der Waals surface area contributed by atoms with E-state index in [-0.39, 0.29) is 0 Å². The number of carbonyl (C=O) groups excluding carboxylic acids is 1. The van der Waals surface area contributed by atoms with Crippen molar-refractivity contribution < 1.29 is 4.79 Å². The zero-order chi connectivity index (χ0) is 13.8. The average molecular weight is 261 g/mol. The maximum atomic E-state index is 10.7. The van der Waals surface area contributed by atoms with Crippen LogP contribution in [-0.2, 0) is 0 Å². The van der Waals surface area contributed by atoms with E-state index in [2.05, 4.69) is 24.5 Å². The van der Waals surface area contributed by atoms with Crippen molar-refractivity contribution >= 4 is 11.7 Å². The first kappa shape index (κ1) is 13.9. The van der Waals surface area contributed by atoms with Crippen LogP contribution < -0.4 is 16.4 Å². The molecule has 1 aromatic carbocycles. The molecule has 104 valence electrons. The van der Waals surface area contributed by atoms with Gasteiger partial charge in [0, 0.05) is 17.8 Å². The van der Waals surface area contributed by atoms with Crippen molar-refractivity contribution in [2.24, 2.45) is 11.7 Å². The van der Waals surface area contributed by atoms with Crippen LogP contribution in [0, 0.1) is 5.92 Å². The van der Waals surface area contributed by atoms with E-state index in [1.165, 1.54) is 24.8 Å². The van der Waals surface area contributed by atoms with E-state index >= 15 is 0 Å². The van der Waals surface area contributed by atoms with Crippen molar-refractivity contribution in [3.8, 4) is 0 Å². The number of rotatable bonds is 4. The van der Waals surface area contributed by atoms with Crippen LogP contribution in [0.15, 0.2) is 24.3 Å². The third-order valence-corrected chi connectivity index (χ3v) is 3.86. The molecule has 4 nitrogen and oxygen atoms in total. The molecule has 4 heteroatoms. The molecule has 2 rings (SSSR count). The van der Waals surface area contributed by atoms with Crippen molar-refractivity contribution in [2.75, 3.05) is 5.32 Å². The maximum absolute atomic E-state index is 10.7. The number of hydrogen-bond donors (Lipinski definition) is 3. The minimum Gasteiger partial charge on any atom is -0.351 e. The molecular weight excluding hydrogens is 238 g/mol. The first-order valence-corrected chi connectivity index (χ1v) is 6.97. The maximum Gasteiger partial charge on any atom is 0.316 e. The van der Waals surface area contributed by atoms with Crippen LogP contribution in [0.25, 0.3) is 0 Å². The monoisotopic (exact) mass is 261 g/mol. The zero-order valence-electron chi connectivity index (χ0n) is 11.6. The Balaban J connectivity index is 1.91. The Morgan fingerprint density at radius 3 is 2.53 bits per heavy atom. The zero-order valence-corrected chi connectivity index (χ0v) is 11.6. The van der Waals surface area contributed by atoms with Gasteiger partial charge in [-0.2, -0.15) is 0 Å². The second-order valence-electron chi connectivity index (χ2n) is 5.61. The van der Waals surface area contributed by atoms with Crippen LogP contribution in [0.2, 0.25) is 0 Å². The lowest BCUT2D eigenvalue weighted by Crippen LogP contribution is -2.29. The highest BCUT2D eigenvalue weighted by Gasteiger charge is 2.22. The third-order valence-electron chi connectivity index (χ3n) is 3.86. The van der Waals surface area contributed by atoms with Gasteiger partial charge in [-0.3, -0.25) is 0 Å². The van der Waals surface area contributed by atoms with Crippen LogP contribution in [0.4, 0.5) is 10.5 Å². The van der Waals surface area contributed by atoms with Gasteiger partial charge in [-0.05, 0) is 49.8 Å². The summed E-state index contributed by atoms with van der Waals surface area (Å²) in [5.74, 6) is 0.840. The molecule has 3 unspecified atom stereocenters. The first-order valence-electron chi connectivity index (χ1n) is 6.97. The Bertz CT molecular complexity index is 430. The van der Waals surface area contributed by atoms with Gasteiger partial charge < -0.3 is 16.4 Å². The number of anilines is 1. The van der Waals surface area contributed by atoms with E-state index in [0.717, 1.165) is 11.6 Å². The molecule has 0 heterocycles. The predicted octanol–water partition coefficient (Wildman–Crippen LogP) is 3.02. The molecule has 1 aliphatic carbocycles. The van der Waals surface area contributed by atoms with Crippen LogP contribution >= 0.6 is 0 Å². The topological polar surface area (TPSA) is 67.2 Å². The van der Waals surface area contributed by atoms with Gasteiger partial charge >= 0.3 is 6.03 Å². The molecule has 0 aliphatic heterocycles. The fraction of sp³-hybridized carbons (Fsp3) is 0.533. The quantitative estimate of drug-likeness (QED) is 0.780. The molecule has 1 aliphatic rings. The third kappa shape index (κ3) is 3.96. The molecule has 1 fully saturated rings. The Kier molecular flexibility index (Phi) is 4.43. The number of benzene rings is 1. The van der Waals surface area contributed by atoms with Gasteiger partial charge in [0.05, 0.1) is 0 Å². The van der Waals surface area contributed by atoms with Crippen LogP contribution in [-0.4, -0.2) is 12.1 Å². The van der Waals surface area contributed by atoms with Crippen LogP contribution in [0.1, 0.15) is 44.7 Å². The molecule has 19 heavy (non-hydrogen) atoms. The lowest BCUT2D eigenvalue weighted by molar-refractivity contribution is 0.259. The fourth-order valence-corrected chi connectivity index (χ4v) is 2.81. The molecule has 0 radical (unpaired) electrons. The molecule has 1 aromatic rings. The van der Waals surface area contributed by atoms with E-state index < -0.39 is 6.03 Å². The minimum absolute atomic E-state index is 0.331. The van der Waals surface area contributed by atoms with Gasteiger partial charge in [0.2, 0.25) is 0 Å². The molecule has 0 bridgehead atoms. The summed E-state index contributed by atoms with van der Waals surface area (Å²) in [6.45, 7) is 4.50. The summed E-state index contributed by atoms with van der Waals surface area (Å²) in [5.41, 5.74) is 7.05. The van der Waals surface area contributed by atoms with E-state index in [9.17, 15) is 4.79 Å². The molecule has 2 amide bonds. The van der Waals surface area contributed by atoms with E-state index in [0.29, 0.717) is 12.1 Å². The molecular formula is C15H23N3O. The molecule has 1 saturated carbocycles. The summed E-state index contributed by atoms with van der Waals surface area (Å²) in [6, 6.07) is 8.26. The van der Waals surface area contributed by atoms with Crippen LogP contribution in [0.5, 0.6) is 0 Å². The van der Waals surface area contributed by atoms with Gasteiger partial charge in [0.15, 0.2) is 0 Å². The summed E-state index contributed by atoms with van der Waals surface area (Å²) in [7, 11) is 0. The first-order chi connectivity index (χ1) is 9.04. The van der Waals surface area contributed by atoms with E-state index in [1.807, 2.05) is 24.3 Å². The number of urea groups is 1. The summed E-state index contributed by atoms with van der Waals surface area (Å²) >= 11 is 0. The van der Waals surface area contributed by atoms with Crippen molar-refractivity contribution in [1.82, 2.24) is 5.32 Å². The van der Waals surface area contributed by atoms with E-state index in [4.69, 9.17) is 5.73 Å². The van der Waals surface area contributed by atoms with Crippen molar-refractivity contribution in [3.63, 3.8) is 0 Å². The molecule has 4 N–H and O–H groups in total. The SMILES string of the molecule is CC1CCC(NC(C)c2ccc(NC(N)=O)cc2)C1. The number of nitrogens with two attached hydrogens (primary N) is 1. The summed E-state index contributed by atoms with van der Waals surface area (Å²) < 4.78 is 0. The highest BCUT2D eigenvalue weighted by molar-refractivity contribution is 5.87. The number of primary amides is 1. The summed E-state index contributed by atoms with van der Waals surface area (Å²) in [5, 5.41) is 6.24. The highest BCUT2D eigenvalue weighted by Crippen LogP contribution is 2.27. The molecule has 0 spiro atoms. The van der Waals surface area contributed by atoms with Crippen molar-refractivity contribution in [3.05, 3.63) is 29.8 Å². The van der Waals surface area contributed by atoms with Crippen molar-refractivity contribution in [2.45, 2.75) is 45.2 Å². The average Bonchev–Trinajstić information content (AvgIpc) is 2.75. The van der Waals surface area contributed by atoms with Gasteiger partial charge in [-0.15, -0.1) is 0 Å². The smallest absolute Gasteiger partial charge is 0.316 e. The highest BCUT2D eigenvalue weighted by atomic mass is 16.2. The van der Waals surface area contributed by atoms with Crippen molar-refractivity contribution in [1.29, 1.82) is 0 Å². The number of nitrogens with one attached hydrogen (secondary N) is 2. The normalized spacial score (nSPS) is 24.1. The van der Waals surface area contributed by atoms with Gasteiger partial charge in [-0.1, -0.05) is 19.1 Å². The fourth-order valence-electron chi connectivity index (χ4n) is 2.81. The molecule has 0 aromatic heterocycles. The lowest BCUT2D eigenvalue weighted by atomic mass is 10.1. The molecule has 3 atom stereocenters. The van der Waals surface area contributed by atoms with Crippen LogP contribution in [0.3, 0.4) is 0 Å². The molecule has 0 saturated heterocycles. The minimum atomic E-state index is -0.529. The Morgan fingerprint density at radius 1 is 1.32 bits per heavy atom. The van der Waals surface area contributed by atoms with E-state index in [1.54, 1.807) is 0 Å².